The molecule has 1 saturated heterocycles. The van der Waals surface area contributed by atoms with E-state index in [-0.39, 0.29) is 24.4 Å². The molecule has 0 spiro atoms. The minimum atomic E-state index is -0.0345. The van der Waals surface area contributed by atoms with E-state index in [1.54, 1.807) is 10.9 Å². The first-order valence-electron chi connectivity index (χ1n) is 7.20. The van der Waals surface area contributed by atoms with Crippen LogP contribution in [0.25, 0.3) is 0 Å². The van der Waals surface area contributed by atoms with Crippen LogP contribution in [0.15, 0.2) is 6.20 Å². The van der Waals surface area contributed by atoms with Gasteiger partial charge in [0.2, 0.25) is 5.91 Å². The first kappa shape index (κ1) is 15.3. The van der Waals surface area contributed by atoms with Gasteiger partial charge >= 0.3 is 0 Å². The van der Waals surface area contributed by atoms with Crippen LogP contribution in [0, 0.1) is 12.8 Å². The number of anilines is 1. The zero-order chi connectivity index (χ0) is 13.4. The highest BCUT2D eigenvalue weighted by molar-refractivity contribution is 5.95. The van der Waals surface area contributed by atoms with Gasteiger partial charge in [0, 0.05) is 13.1 Å². The highest BCUT2D eigenvalue weighted by Gasteiger charge is 2.38. The Kier molecular flexibility index (Phi) is 4.70. The van der Waals surface area contributed by atoms with Crippen molar-refractivity contribution in [1.82, 2.24) is 15.1 Å². The highest BCUT2D eigenvalue weighted by Crippen LogP contribution is 2.33. The fraction of sp³-hybridized carbons (Fsp3) is 0.714. The SMILES string of the molecule is Cc1c(NC(=O)C2CC3CCCCC3N2)cnn1C.Cl. The van der Waals surface area contributed by atoms with Crippen LogP contribution >= 0.6 is 12.4 Å². The number of aryl methyl sites for hydroxylation is 1. The van der Waals surface area contributed by atoms with Crippen LogP contribution in [-0.2, 0) is 11.8 Å². The third kappa shape index (κ3) is 2.83. The molecule has 3 atom stereocenters. The van der Waals surface area contributed by atoms with E-state index >= 15 is 0 Å². The molecule has 0 aromatic carbocycles. The van der Waals surface area contributed by atoms with Crippen LogP contribution in [-0.4, -0.2) is 27.8 Å². The van der Waals surface area contributed by atoms with Gasteiger partial charge in [-0.15, -0.1) is 12.4 Å². The molecule has 3 unspecified atom stereocenters. The normalized spacial score (nSPS) is 28.6. The molecule has 2 heterocycles. The van der Waals surface area contributed by atoms with E-state index in [1.807, 2.05) is 14.0 Å². The van der Waals surface area contributed by atoms with Crippen LogP contribution < -0.4 is 10.6 Å². The third-order valence-corrected chi connectivity index (χ3v) is 4.67. The van der Waals surface area contributed by atoms with E-state index in [2.05, 4.69) is 15.7 Å². The predicted molar refractivity (Wildman–Crippen MR) is 81.1 cm³/mol. The number of halogens is 1. The molecule has 0 radical (unpaired) electrons. The molecule has 20 heavy (non-hydrogen) atoms. The molecular weight excluding hydrogens is 276 g/mol. The number of nitrogens with one attached hydrogen (secondary N) is 2. The van der Waals surface area contributed by atoms with Crippen LogP contribution in [0.1, 0.15) is 37.8 Å². The molecule has 1 aliphatic carbocycles. The van der Waals surface area contributed by atoms with Gasteiger partial charge in [0.25, 0.3) is 0 Å². The second kappa shape index (κ2) is 6.14. The number of rotatable bonds is 2. The molecule has 0 bridgehead atoms. The fourth-order valence-corrected chi connectivity index (χ4v) is 3.36. The van der Waals surface area contributed by atoms with Gasteiger partial charge in [-0.2, -0.15) is 5.10 Å². The summed E-state index contributed by atoms with van der Waals surface area (Å²) in [5, 5.41) is 10.6. The lowest BCUT2D eigenvalue weighted by molar-refractivity contribution is -0.117. The molecule has 1 aliphatic heterocycles. The number of amides is 1. The van der Waals surface area contributed by atoms with E-state index < -0.39 is 0 Å². The summed E-state index contributed by atoms with van der Waals surface area (Å²) in [5.41, 5.74) is 1.81. The summed E-state index contributed by atoms with van der Waals surface area (Å²) in [6.07, 6.45) is 7.81. The number of carbonyl (C=O) groups is 1. The Balaban J connectivity index is 0.00000147. The van der Waals surface area contributed by atoms with Gasteiger partial charge in [-0.3, -0.25) is 9.48 Å². The van der Waals surface area contributed by atoms with Gasteiger partial charge < -0.3 is 10.6 Å². The van der Waals surface area contributed by atoms with Crippen molar-refractivity contribution < 1.29 is 4.79 Å². The Morgan fingerprint density at radius 2 is 2.20 bits per heavy atom. The molecule has 1 aromatic heterocycles. The van der Waals surface area contributed by atoms with Crippen LogP contribution in [0.4, 0.5) is 5.69 Å². The minimum absolute atomic E-state index is 0. The van der Waals surface area contributed by atoms with Gasteiger partial charge in [0.1, 0.15) is 0 Å². The molecular formula is C14H23ClN4O. The van der Waals surface area contributed by atoms with Crippen molar-refractivity contribution in [2.24, 2.45) is 13.0 Å². The highest BCUT2D eigenvalue weighted by atomic mass is 35.5. The van der Waals surface area contributed by atoms with Gasteiger partial charge in [-0.1, -0.05) is 12.8 Å². The molecule has 2 fully saturated rings. The maximum atomic E-state index is 12.3. The monoisotopic (exact) mass is 298 g/mol. The summed E-state index contributed by atoms with van der Waals surface area (Å²) >= 11 is 0. The molecule has 1 aromatic rings. The predicted octanol–water partition coefficient (Wildman–Crippen LogP) is 2.01. The summed E-state index contributed by atoms with van der Waals surface area (Å²) in [5.74, 6) is 0.782. The Bertz CT molecular complexity index is 474. The van der Waals surface area contributed by atoms with E-state index in [1.165, 1.54) is 25.7 Å². The third-order valence-electron chi connectivity index (χ3n) is 4.67. The topological polar surface area (TPSA) is 59.0 Å². The molecule has 112 valence electrons. The van der Waals surface area contributed by atoms with E-state index in [9.17, 15) is 4.79 Å². The molecule has 1 amide bonds. The molecule has 3 rings (SSSR count). The van der Waals surface area contributed by atoms with Crippen molar-refractivity contribution in [3.63, 3.8) is 0 Å². The summed E-state index contributed by atoms with van der Waals surface area (Å²) in [7, 11) is 1.88. The molecule has 5 nitrogen and oxygen atoms in total. The average molecular weight is 299 g/mol. The molecule has 6 heteroatoms. The van der Waals surface area contributed by atoms with Crippen molar-refractivity contribution in [2.45, 2.75) is 51.1 Å². The van der Waals surface area contributed by atoms with Crippen molar-refractivity contribution in [3.8, 4) is 0 Å². The second-order valence-corrected chi connectivity index (χ2v) is 5.86. The van der Waals surface area contributed by atoms with Crippen LogP contribution in [0.2, 0.25) is 0 Å². The van der Waals surface area contributed by atoms with Gasteiger partial charge in [0.05, 0.1) is 23.6 Å². The number of hydrogen-bond donors (Lipinski definition) is 2. The molecule has 1 saturated carbocycles. The fourth-order valence-electron chi connectivity index (χ4n) is 3.36. The van der Waals surface area contributed by atoms with Gasteiger partial charge in [-0.05, 0) is 32.1 Å². The van der Waals surface area contributed by atoms with E-state index in [4.69, 9.17) is 0 Å². The number of carbonyl (C=O) groups excluding carboxylic acids is 1. The number of fused-ring (bicyclic) bond motifs is 1. The minimum Gasteiger partial charge on any atom is -0.322 e. The maximum Gasteiger partial charge on any atom is 0.241 e. The zero-order valence-corrected chi connectivity index (χ0v) is 12.9. The van der Waals surface area contributed by atoms with Gasteiger partial charge in [-0.25, -0.2) is 0 Å². The van der Waals surface area contributed by atoms with Crippen LogP contribution in [0.3, 0.4) is 0 Å². The second-order valence-electron chi connectivity index (χ2n) is 5.86. The Morgan fingerprint density at radius 3 is 2.85 bits per heavy atom. The maximum absolute atomic E-state index is 12.3. The number of hydrogen-bond acceptors (Lipinski definition) is 3. The number of nitrogens with zero attached hydrogens (tertiary/aromatic N) is 2. The first-order valence-corrected chi connectivity index (χ1v) is 7.20. The Labute approximate surface area is 125 Å². The molecule has 2 N–H and O–H groups in total. The summed E-state index contributed by atoms with van der Waals surface area (Å²) < 4.78 is 1.78. The summed E-state index contributed by atoms with van der Waals surface area (Å²) in [6.45, 7) is 1.96. The molecule has 2 aliphatic rings. The first-order chi connectivity index (χ1) is 9.15. The van der Waals surface area contributed by atoms with Crippen molar-refractivity contribution >= 4 is 24.0 Å². The summed E-state index contributed by atoms with van der Waals surface area (Å²) in [6, 6.07) is 0.521. The van der Waals surface area contributed by atoms with E-state index in [0.29, 0.717) is 12.0 Å². The van der Waals surface area contributed by atoms with Crippen LogP contribution in [0.5, 0.6) is 0 Å². The lowest BCUT2D eigenvalue weighted by Gasteiger charge is -2.24. The Morgan fingerprint density at radius 1 is 1.45 bits per heavy atom. The zero-order valence-electron chi connectivity index (χ0n) is 12.1. The summed E-state index contributed by atoms with van der Waals surface area (Å²) in [4.78, 5) is 12.3. The van der Waals surface area contributed by atoms with Crippen molar-refractivity contribution in [2.75, 3.05) is 5.32 Å². The lowest BCUT2D eigenvalue weighted by atomic mass is 9.85. The Hall–Kier alpha value is -1.07. The number of aromatic nitrogens is 2. The van der Waals surface area contributed by atoms with Crippen molar-refractivity contribution in [1.29, 1.82) is 0 Å². The lowest BCUT2D eigenvalue weighted by Crippen LogP contribution is -2.39. The standard InChI is InChI=1S/C14H22N4O.ClH/c1-9-13(8-15-18(9)2)17-14(19)12-7-10-5-3-4-6-11(10)16-12;/h8,10-12,16H,3-7H2,1-2H3,(H,17,19);1H. The van der Waals surface area contributed by atoms with Gasteiger partial charge in [0.15, 0.2) is 0 Å². The average Bonchev–Trinajstić information content (AvgIpc) is 2.97. The van der Waals surface area contributed by atoms with Crippen molar-refractivity contribution in [3.05, 3.63) is 11.9 Å². The smallest absolute Gasteiger partial charge is 0.241 e. The van der Waals surface area contributed by atoms with E-state index in [0.717, 1.165) is 17.8 Å². The largest absolute Gasteiger partial charge is 0.322 e. The quantitative estimate of drug-likeness (QED) is 0.878.